The van der Waals surface area contributed by atoms with E-state index in [4.69, 9.17) is 16.3 Å². The first kappa shape index (κ1) is 15.9. The molecule has 0 unspecified atom stereocenters. The lowest BCUT2D eigenvalue weighted by Crippen LogP contribution is -1.94. The highest BCUT2D eigenvalue weighted by molar-refractivity contribution is 7.20. The third-order valence-corrected chi connectivity index (χ3v) is 4.58. The van der Waals surface area contributed by atoms with E-state index in [1.807, 2.05) is 55.5 Å². The summed E-state index contributed by atoms with van der Waals surface area (Å²) in [7, 11) is 0. The van der Waals surface area contributed by atoms with Gasteiger partial charge in [0.05, 0.1) is 6.61 Å². The fourth-order valence-corrected chi connectivity index (χ4v) is 3.26. The number of fused-ring (bicyclic) bond motifs is 1. The topological polar surface area (TPSA) is 64.3 Å². The third-order valence-electron chi connectivity index (χ3n) is 3.51. The van der Waals surface area contributed by atoms with E-state index < -0.39 is 0 Å². The first-order valence-electron chi connectivity index (χ1n) is 7.71. The number of halogens is 1. The molecule has 0 bridgehead atoms. The maximum Gasteiger partial charge on any atom is 0.236 e. The van der Waals surface area contributed by atoms with Gasteiger partial charge in [-0.25, -0.2) is 0 Å². The monoisotopic (exact) mass is 371 g/mol. The highest BCUT2D eigenvalue weighted by Gasteiger charge is 2.13. The van der Waals surface area contributed by atoms with Gasteiger partial charge in [0.15, 0.2) is 5.82 Å². The normalized spacial score (nSPS) is 11.0. The summed E-state index contributed by atoms with van der Waals surface area (Å²) in [6.45, 7) is 2.60. The fraction of sp³-hybridized carbons (Fsp3) is 0.118. The Morgan fingerprint density at radius 3 is 2.56 bits per heavy atom. The van der Waals surface area contributed by atoms with Crippen LogP contribution in [0.4, 0.5) is 10.8 Å². The van der Waals surface area contributed by atoms with Crippen molar-refractivity contribution < 1.29 is 4.74 Å². The number of benzene rings is 2. The van der Waals surface area contributed by atoms with Gasteiger partial charge in [0.25, 0.3) is 0 Å². The zero-order valence-corrected chi connectivity index (χ0v) is 14.9. The van der Waals surface area contributed by atoms with Gasteiger partial charge in [-0.2, -0.15) is 4.52 Å². The van der Waals surface area contributed by atoms with Crippen LogP contribution in [0.3, 0.4) is 0 Å². The van der Waals surface area contributed by atoms with Gasteiger partial charge >= 0.3 is 0 Å². The molecule has 126 valence electrons. The Morgan fingerprint density at radius 1 is 1.08 bits per heavy atom. The molecule has 6 nitrogen and oxygen atoms in total. The van der Waals surface area contributed by atoms with Crippen LogP contribution in [0.15, 0.2) is 48.5 Å². The van der Waals surface area contributed by atoms with E-state index in [0.29, 0.717) is 17.5 Å². The molecule has 8 heteroatoms. The molecule has 2 heterocycles. The number of anilines is 2. The van der Waals surface area contributed by atoms with E-state index in [-0.39, 0.29) is 0 Å². The molecule has 4 rings (SSSR count). The van der Waals surface area contributed by atoms with Gasteiger partial charge in [0, 0.05) is 16.3 Å². The molecule has 2 aromatic carbocycles. The van der Waals surface area contributed by atoms with Crippen LogP contribution in [-0.2, 0) is 0 Å². The Balaban J connectivity index is 1.62. The summed E-state index contributed by atoms with van der Waals surface area (Å²) in [5.41, 5.74) is 1.84. The minimum Gasteiger partial charge on any atom is -0.494 e. The second kappa shape index (κ2) is 6.70. The lowest BCUT2D eigenvalue weighted by atomic mass is 10.2. The molecular weight excluding hydrogens is 358 g/mol. The van der Waals surface area contributed by atoms with Crippen LogP contribution < -0.4 is 10.1 Å². The Kier molecular flexibility index (Phi) is 4.25. The summed E-state index contributed by atoms with van der Waals surface area (Å²) in [5, 5.41) is 17.7. The maximum atomic E-state index is 5.91. The van der Waals surface area contributed by atoms with Crippen LogP contribution in [0.2, 0.25) is 5.02 Å². The summed E-state index contributed by atoms with van der Waals surface area (Å²) >= 11 is 7.34. The number of nitrogens with one attached hydrogen (secondary N) is 1. The molecule has 25 heavy (non-hydrogen) atoms. The number of ether oxygens (including phenoxy) is 1. The highest BCUT2D eigenvalue weighted by Crippen LogP contribution is 2.27. The largest absolute Gasteiger partial charge is 0.494 e. The van der Waals surface area contributed by atoms with Gasteiger partial charge in [0.1, 0.15) is 5.75 Å². The van der Waals surface area contributed by atoms with Gasteiger partial charge in [-0.3, -0.25) is 0 Å². The predicted molar refractivity (Wildman–Crippen MR) is 100.0 cm³/mol. The van der Waals surface area contributed by atoms with E-state index in [2.05, 4.69) is 20.6 Å². The van der Waals surface area contributed by atoms with Gasteiger partial charge in [-0.05, 0) is 55.5 Å². The standard InChI is InChI=1S/C17H14ClN5OS/c1-2-24-14-9-3-11(4-10-14)15-20-21-17-23(15)22-16(25-17)19-13-7-5-12(18)6-8-13/h3-10H,2H2,1H3,(H,19,22). The lowest BCUT2D eigenvalue weighted by molar-refractivity contribution is 0.340. The summed E-state index contributed by atoms with van der Waals surface area (Å²) in [6, 6.07) is 15.2. The zero-order chi connectivity index (χ0) is 17.2. The Labute approximate surface area is 153 Å². The second-order valence-corrected chi connectivity index (χ2v) is 6.61. The highest BCUT2D eigenvalue weighted by atomic mass is 35.5. The SMILES string of the molecule is CCOc1ccc(-c2nnc3sc(Nc4ccc(Cl)cc4)nn23)cc1. The van der Waals surface area contributed by atoms with Crippen molar-refractivity contribution in [2.24, 2.45) is 0 Å². The van der Waals surface area contributed by atoms with E-state index >= 15 is 0 Å². The van der Waals surface area contributed by atoms with Crippen molar-refractivity contribution in [3.63, 3.8) is 0 Å². The Hall–Kier alpha value is -2.64. The second-order valence-electron chi connectivity index (χ2n) is 5.21. The number of rotatable bonds is 5. The van der Waals surface area contributed by atoms with Crippen molar-refractivity contribution in [1.29, 1.82) is 0 Å². The van der Waals surface area contributed by atoms with Crippen LogP contribution in [0.5, 0.6) is 5.75 Å². The minimum absolute atomic E-state index is 0.639. The predicted octanol–water partition coefficient (Wildman–Crippen LogP) is 4.65. The molecule has 0 saturated carbocycles. The molecule has 0 atom stereocenters. The van der Waals surface area contributed by atoms with Crippen LogP contribution in [0.25, 0.3) is 16.3 Å². The molecule has 2 aromatic heterocycles. The van der Waals surface area contributed by atoms with Gasteiger partial charge < -0.3 is 10.1 Å². The summed E-state index contributed by atoms with van der Waals surface area (Å²) in [4.78, 5) is 0.723. The Bertz CT molecular complexity index is 994. The number of hydrogen-bond acceptors (Lipinski definition) is 6. The Morgan fingerprint density at radius 2 is 1.84 bits per heavy atom. The van der Waals surface area contributed by atoms with Crippen molar-refractivity contribution >= 4 is 38.7 Å². The van der Waals surface area contributed by atoms with Crippen LogP contribution in [-0.4, -0.2) is 26.4 Å². The summed E-state index contributed by atoms with van der Waals surface area (Å²) < 4.78 is 7.20. The quantitative estimate of drug-likeness (QED) is 0.553. The molecular formula is C17H14ClN5OS. The molecule has 1 N–H and O–H groups in total. The smallest absolute Gasteiger partial charge is 0.236 e. The molecule has 0 fully saturated rings. The van der Waals surface area contributed by atoms with Crippen molar-refractivity contribution in [3.05, 3.63) is 53.6 Å². The first-order valence-corrected chi connectivity index (χ1v) is 8.90. The molecule has 0 aliphatic heterocycles. The molecule has 4 aromatic rings. The summed E-state index contributed by atoms with van der Waals surface area (Å²) in [5.74, 6) is 1.52. The van der Waals surface area contributed by atoms with E-state index in [0.717, 1.165) is 27.1 Å². The first-order chi connectivity index (χ1) is 12.2. The van der Waals surface area contributed by atoms with E-state index in [1.165, 1.54) is 11.3 Å². The van der Waals surface area contributed by atoms with Gasteiger partial charge in [-0.15, -0.1) is 15.3 Å². The minimum atomic E-state index is 0.639. The van der Waals surface area contributed by atoms with Crippen molar-refractivity contribution in [1.82, 2.24) is 19.8 Å². The van der Waals surface area contributed by atoms with E-state index in [1.54, 1.807) is 4.52 Å². The summed E-state index contributed by atoms with van der Waals surface area (Å²) in [6.07, 6.45) is 0. The molecule has 0 saturated heterocycles. The number of hydrogen-bond donors (Lipinski definition) is 1. The number of nitrogens with zero attached hydrogens (tertiary/aromatic N) is 4. The molecule has 0 aliphatic rings. The van der Waals surface area contributed by atoms with Crippen molar-refractivity contribution in [3.8, 4) is 17.1 Å². The van der Waals surface area contributed by atoms with Crippen LogP contribution in [0, 0.1) is 0 Å². The third kappa shape index (κ3) is 3.29. The van der Waals surface area contributed by atoms with E-state index in [9.17, 15) is 0 Å². The van der Waals surface area contributed by atoms with Crippen molar-refractivity contribution in [2.75, 3.05) is 11.9 Å². The molecule has 0 aliphatic carbocycles. The fourth-order valence-electron chi connectivity index (χ4n) is 2.37. The average Bonchev–Trinajstić information content (AvgIpc) is 3.18. The maximum absolute atomic E-state index is 5.91. The van der Waals surface area contributed by atoms with Crippen molar-refractivity contribution in [2.45, 2.75) is 6.92 Å². The van der Waals surface area contributed by atoms with Crippen LogP contribution >= 0.6 is 22.9 Å². The molecule has 0 amide bonds. The van der Waals surface area contributed by atoms with Gasteiger partial charge in [0.2, 0.25) is 10.1 Å². The number of aromatic nitrogens is 4. The molecule has 0 spiro atoms. The lowest BCUT2D eigenvalue weighted by Gasteiger charge is -2.03. The van der Waals surface area contributed by atoms with Gasteiger partial charge in [-0.1, -0.05) is 22.9 Å². The molecule has 0 radical (unpaired) electrons. The zero-order valence-electron chi connectivity index (χ0n) is 13.3. The average molecular weight is 372 g/mol. The van der Waals surface area contributed by atoms with Crippen LogP contribution in [0.1, 0.15) is 6.92 Å².